The van der Waals surface area contributed by atoms with E-state index in [2.05, 4.69) is 26.1 Å². The summed E-state index contributed by atoms with van der Waals surface area (Å²) in [6.07, 6.45) is 0. The molecule has 0 aromatic heterocycles. The summed E-state index contributed by atoms with van der Waals surface area (Å²) in [4.78, 5) is 0. The fourth-order valence-corrected chi connectivity index (χ4v) is 1.16. The average molecular weight is 195 g/mol. The first-order valence-corrected chi connectivity index (χ1v) is 5.03. The van der Waals surface area contributed by atoms with E-state index in [0.717, 1.165) is 11.3 Å². The number of halogens is 1. The minimum absolute atomic E-state index is 0.186. The maximum atomic E-state index is 13.0. The Kier molecular flexibility index (Phi) is 3.50. The SMILES string of the molecule is Cc1ccc(F)cc1NC(C)C(C)C. The summed E-state index contributed by atoms with van der Waals surface area (Å²) < 4.78 is 13.0. The van der Waals surface area contributed by atoms with Crippen LogP contribution >= 0.6 is 0 Å². The van der Waals surface area contributed by atoms with Crippen LogP contribution in [0.3, 0.4) is 0 Å². The Morgan fingerprint density at radius 2 is 1.86 bits per heavy atom. The van der Waals surface area contributed by atoms with Crippen LogP contribution in [0.5, 0.6) is 0 Å². The van der Waals surface area contributed by atoms with Gasteiger partial charge in [-0.25, -0.2) is 4.39 Å². The number of nitrogens with one attached hydrogen (secondary N) is 1. The highest BCUT2D eigenvalue weighted by molar-refractivity contribution is 5.51. The van der Waals surface area contributed by atoms with Crippen LogP contribution in [-0.4, -0.2) is 6.04 Å². The van der Waals surface area contributed by atoms with E-state index in [1.807, 2.05) is 6.92 Å². The lowest BCUT2D eigenvalue weighted by Crippen LogP contribution is -2.21. The molecule has 0 fully saturated rings. The van der Waals surface area contributed by atoms with Crippen molar-refractivity contribution in [3.05, 3.63) is 29.6 Å². The van der Waals surface area contributed by atoms with Gasteiger partial charge in [0, 0.05) is 11.7 Å². The summed E-state index contributed by atoms with van der Waals surface area (Å²) >= 11 is 0. The topological polar surface area (TPSA) is 12.0 Å². The maximum Gasteiger partial charge on any atom is 0.125 e. The van der Waals surface area contributed by atoms with Gasteiger partial charge in [-0.1, -0.05) is 19.9 Å². The molecule has 0 saturated heterocycles. The lowest BCUT2D eigenvalue weighted by molar-refractivity contribution is 0.558. The monoisotopic (exact) mass is 195 g/mol. The van der Waals surface area contributed by atoms with E-state index >= 15 is 0 Å². The van der Waals surface area contributed by atoms with E-state index in [9.17, 15) is 4.39 Å². The fourth-order valence-electron chi connectivity index (χ4n) is 1.16. The summed E-state index contributed by atoms with van der Waals surface area (Å²) in [5.74, 6) is 0.353. The van der Waals surface area contributed by atoms with Gasteiger partial charge in [-0.2, -0.15) is 0 Å². The van der Waals surface area contributed by atoms with Crippen molar-refractivity contribution >= 4 is 5.69 Å². The lowest BCUT2D eigenvalue weighted by atomic mass is 10.1. The smallest absolute Gasteiger partial charge is 0.125 e. The third kappa shape index (κ3) is 2.72. The molecule has 1 N–H and O–H groups in total. The summed E-state index contributed by atoms with van der Waals surface area (Å²) in [6.45, 7) is 8.38. The number of anilines is 1. The highest BCUT2D eigenvalue weighted by atomic mass is 19.1. The second-order valence-corrected chi connectivity index (χ2v) is 4.14. The van der Waals surface area contributed by atoms with Gasteiger partial charge in [-0.05, 0) is 37.5 Å². The maximum absolute atomic E-state index is 13.0. The first-order chi connectivity index (χ1) is 6.50. The van der Waals surface area contributed by atoms with Crippen molar-refractivity contribution in [1.82, 2.24) is 0 Å². The minimum atomic E-state index is -0.186. The van der Waals surface area contributed by atoms with Crippen molar-refractivity contribution < 1.29 is 4.39 Å². The molecule has 0 aliphatic carbocycles. The molecule has 0 bridgehead atoms. The standard InChI is InChI=1S/C12H18FN/c1-8(2)10(4)14-12-7-11(13)6-5-9(12)3/h5-8,10,14H,1-4H3. The first-order valence-electron chi connectivity index (χ1n) is 5.03. The number of hydrogen-bond donors (Lipinski definition) is 1. The fraction of sp³-hybridized carbons (Fsp3) is 0.500. The highest BCUT2D eigenvalue weighted by Crippen LogP contribution is 2.18. The van der Waals surface area contributed by atoms with E-state index in [1.54, 1.807) is 12.1 Å². The van der Waals surface area contributed by atoms with Gasteiger partial charge in [0.2, 0.25) is 0 Å². The second kappa shape index (κ2) is 4.45. The van der Waals surface area contributed by atoms with Gasteiger partial charge < -0.3 is 5.32 Å². The quantitative estimate of drug-likeness (QED) is 0.777. The molecule has 0 saturated carbocycles. The van der Waals surface area contributed by atoms with Crippen LogP contribution in [0.25, 0.3) is 0 Å². The lowest BCUT2D eigenvalue weighted by Gasteiger charge is -2.20. The summed E-state index contributed by atoms with van der Waals surface area (Å²) in [6, 6.07) is 5.19. The zero-order valence-corrected chi connectivity index (χ0v) is 9.26. The van der Waals surface area contributed by atoms with Crippen LogP contribution in [0.1, 0.15) is 26.3 Å². The van der Waals surface area contributed by atoms with Gasteiger partial charge >= 0.3 is 0 Å². The molecule has 1 aromatic carbocycles. The third-order valence-corrected chi connectivity index (χ3v) is 2.58. The van der Waals surface area contributed by atoms with Crippen LogP contribution in [0.2, 0.25) is 0 Å². The van der Waals surface area contributed by atoms with Gasteiger partial charge in [0.1, 0.15) is 5.82 Å². The van der Waals surface area contributed by atoms with Crippen LogP contribution in [0.15, 0.2) is 18.2 Å². The molecule has 2 heteroatoms. The van der Waals surface area contributed by atoms with Crippen LogP contribution in [0, 0.1) is 18.7 Å². The van der Waals surface area contributed by atoms with Gasteiger partial charge in [-0.15, -0.1) is 0 Å². The average Bonchev–Trinajstić information content (AvgIpc) is 2.11. The van der Waals surface area contributed by atoms with Gasteiger partial charge in [-0.3, -0.25) is 0 Å². The van der Waals surface area contributed by atoms with Crippen LogP contribution < -0.4 is 5.32 Å². The van der Waals surface area contributed by atoms with E-state index in [4.69, 9.17) is 0 Å². The molecule has 1 atom stereocenters. The summed E-state index contributed by atoms with van der Waals surface area (Å²) in [5, 5.41) is 3.31. The molecule has 78 valence electrons. The molecule has 1 unspecified atom stereocenters. The zero-order chi connectivity index (χ0) is 10.7. The Morgan fingerprint density at radius 3 is 2.43 bits per heavy atom. The van der Waals surface area contributed by atoms with Gasteiger partial charge in [0.25, 0.3) is 0 Å². The van der Waals surface area contributed by atoms with E-state index in [-0.39, 0.29) is 5.82 Å². The Labute approximate surface area is 85.3 Å². The van der Waals surface area contributed by atoms with E-state index < -0.39 is 0 Å². The van der Waals surface area contributed by atoms with E-state index in [1.165, 1.54) is 6.07 Å². The predicted molar refractivity (Wildman–Crippen MR) is 59.1 cm³/mol. The normalized spacial score (nSPS) is 13.0. The zero-order valence-electron chi connectivity index (χ0n) is 9.26. The Hall–Kier alpha value is -1.05. The number of benzene rings is 1. The Bertz CT molecular complexity index is 307. The second-order valence-electron chi connectivity index (χ2n) is 4.14. The van der Waals surface area contributed by atoms with Gasteiger partial charge in [0.15, 0.2) is 0 Å². The predicted octanol–water partition coefficient (Wildman–Crippen LogP) is 3.59. The van der Waals surface area contributed by atoms with Crippen molar-refractivity contribution in [3.63, 3.8) is 0 Å². The summed E-state index contributed by atoms with van der Waals surface area (Å²) in [7, 11) is 0. The molecule has 0 heterocycles. The Balaban J connectivity index is 2.80. The molecule has 0 aliphatic heterocycles. The van der Waals surface area contributed by atoms with Crippen LogP contribution in [0.4, 0.5) is 10.1 Å². The van der Waals surface area contributed by atoms with Crippen molar-refractivity contribution in [2.24, 2.45) is 5.92 Å². The van der Waals surface area contributed by atoms with Crippen LogP contribution in [-0.2, 0) is 0 Å². The first kappa shape index (κ1) is 11.0. The molecule has 0 spiro atoms. The molecular weight excluding hydrogens is 177 g/mol. The van der Waals surface area contributed by atoms with Crippen molar-refractivity contribution in [1.29, 1.82) is 0 Å². The number of aryl methyl sites for hydroxylation is 1. The summed E-state index contributed by atoms with van der Waals surface area (Å²) in [5.41, 5.74) is 1.98. The van der Waals surface area contributed by atoms with Crippen molar-refractivity contribution in [3.8, 4) is 0 Å². The largest absolute Gasteiger partial charge is 0.382 e. The molecular formula is C12H18FN. The molecule has 1 rings (SSSR count). The molecule has 1 aromatic rings. The third-order valence-electron chi connectivity index (χ3n) is 2.58. The molecule has 0 amide bonds. The highest BCUT2D eigenvalue weighted by Gasteiger charge is 2.08. The Morgan fingerprint density at radius 1 is 1.21 bits per heavy atom. The van der Waals surface area contributed by atoms with Crippen molar-refractivity contribution in [2.75, 3.05) is 5.32 Å². The number of hydrogen-bond acceptors (Lipinski definition) is 1. The molecule has 1 nitrogen and oxygen atoms in total. The van der Waals surface area contributed by atoms with Crippen molar-refractivity contribution in [2.45, 2.75) is 33.7 Å². The minimum Gasteiger partial charge on any atom is -0.382 e. The molecule has 14 heavy (non-hydrogen) atoms. The van der Waals surface area contributed by atoms with Gasteiger partial charge in [0.05, 0.1) is 0 Å². The van der Waals surface area contributed by atoms with E-state index in [0.29, 0.717) is 12.0 Å². The number of rotatable bonds is 3. The molecule has 0 radical (unpaired) electrons. The molecule has 0 aliphatic rings.